The van der Waals surface area contributed by atoms with Gasteiger partial charge in [-0.25, -0.2) is 0 Å². The molecular weight excluding hydrogens is 192 g/mol. The van der Waals surface area contributed by atoms with Gasteiger partial charge in [-0.1, -0.05) is 19.1 Å². The zero-order chi connectivity index (χ0) is 11.3. The molecular formula is C12H16O3. The molecule has 0 amide bonds. The van der Waals surface area contributed by atoms with Crippen LogP contribution < -0.4 is 4.74 Å². The third-order valence-corrected chi connectivity index (χ3v) is 2.32. The molecule has 1 aromatic rings. The summed E-state index contributed by atoms with van der Waals surface area (Å²) >= 11 is 0. The summed E-state index contributed by atoms with van der Waals surface area (Å²) in [4.78, 5) is 11.1. The normalized spacial score (nSPS) is 12.2. The third kappa shape index (κ3) is 3.36. The number of hydrogen-bond donors (Lipinski definition) is 1. The summed E-state index contributed by atoms with van der Waals surface area (Å²) in [7, 11) is 1.59. The van der Waals surface area contributed by atoms with Gasteiger partial charge in [0.25, 0.3) is 0 Å². The van der Waals surface area contributed by atoms with Gasteiger partial charge in [0.15, 0.2) is 0 Å². The van der Waals surface area contributed by atoms with Gasteiger partial charge in [0.1, 0.15) is 11.5 Å². The summed E-state index contributed by atoms with van der Waals surface area (Å²) in [5.74, 6) is 0.811. The predicted molar refractivity (Wildman–Crippen MR) is 57.9 cm³/mol. The van der Waals surface area contributed by atoms with E-state index in [1.807, 2.05) is 0 Å². The number of aliphatic hydroxyl groups is 1. The number of rotatable bonds is 5. The predicted octanol–water partition coefficient (Wildman–Crippen LogP) is 2.10. The fourth-order valence-electron chi connectivity index (χ4n) is 1.30. The minimum atomic E-state index is -0.705. The molecule has 0 unspecified atom stereocenters. The third-order valence-electron chi connectivity index (χ3n) is 2.32. The number of carbonyl (C=O) groups excluding carboxylic acids is 1. The SMILES string of the molecule is CCC(=O)C[C@@H](O)c1ccc(OC)cc1. The van der Waals surface area contributed by atoms with Crippen molar-refractivity contribution in [2.75, 3.05) is 7.11 Å². The molecule has 1 N–H and O–H groups in total. The van der Waals surface area contributed by atoms with Gasteiger partial charge in [-0.3, -0.25) is 4.79 Å². The van der Waals surface area contributed by atoms with Crippen LogP contribution in [0, 0.1) is 0 Å². The quantitative estimate of drug-likeness (QED) is 0.806. The standard InChI is InChI=1S/C12H16O3/c1-3-10(13)8-12(14)9-4-6-11(15-2)7-5-9/h4-7,12,14H,3,8H2,1-2H3/t12-/m1/s1. The Labute approximate surface area is 89.7 Å². The highest BCUT2D eigenvalue weighted by Crippen LogP contribution is 2.20. The number of ketones is 1. The average Bonchev–Trinajstić information content (AvgIpc) is 2.29. The first kappa shape index (κ1) is 11.7. The lowest BCUT2D eigenvalue weighted by atomic mass is 10.0. The second kappa shape index (κ2) is 5.51. The second-order valence-corrected chi connectivity index (χ2v) is 3.39. The number of Topliss-reactive ketones (excluding diaryl/α,β-unsaturated/α-hetero) is 1. The Hall–Kier alpha value is -1.35. The summed E-state index contributed by atoms with van der Waals surface area (Å²) in [5.41, 5.74) is 0.748. The van der Waals surface area contributed by atoms with Crippen LogP contribution in [0.2, 0.25) is 0 Å². The van der Waals surface area contributed by atoms with E-state index in [9.17, 15) is 9.90 Å². The molecule has 15 heavy (non-hydrogen) atoms. The Morgan fingerprint density at radius 2 is 2.00 bits per heavy atom. The Kier molecular flexibility index (Phi) is 4.31. The minimum absolute atomic E-state index is 0.0679. The van der Waals surface area contributed by atoms with Crippen LogP contribution in [0.25, 0.3) is 0 Å². The molecule has 0 spiro atoms. The van der Waals surface area contributed by atoms with Gasteiger partial charge in [0, 0.05) is 12.8 Å². The van der Waals surface area contributed by atoms with Gasteiger partial charge in [0.2, 0.25) is 0 Å². The molecule has 0 heterocycles. The lowest BCUT2D eigenvalue weighted by molar-refractivity contribution is -0.120. The summed E-state index contributed by atoms with van der Waals surface area (Å²) in [5, 5.41) is 9.72. The van der Waals surface area contributed by atoms with Crippen molar-refractivity contribution in [2.24, 2.45) is 0 Å². The first-order chi connectivity index (χ1) is 7.17. The first-order valence-electron chi connectivity index (χ1n) is 5.01. The lowest BCUT2D eigenvalue weighted by Crippen LogP contribution is -2.05. The topological polar surface area (TPSA) is 46.5 Å². The van der Waals surface area contributed by atoms with Crippen molar-refractivity contribution in [3.8, 4) is 5.75 Å². The highest BCUT2D eigenvalue weighted by Gasteiger charge is 2.11. The highest BCUT2D eigenvalue weighted by molar-refractivity contribution is 5.78. The summed E-state index contributed by atoms with van der Waals surface area (Å²) in [6.07, 6.45) is -0.0564. The molecule has 0 saturated carbocycles. The molecule has 0 aromatic heterocycles. The molecule has 3 heteroatoms. The Morgan fingerprint density at radius 1 is 1.40 bits per heavy atom. The molecule has 0 radical (unpaired) electrons. The number of methoxy groups -OCH3 is 1. The van der Waals surface area contributed by atoms with Crippen LogP contribution in [0.1, 0.15) is 31.4 Å². The molecule has 1 aromatic carbocycles. The van der Waals surface area contributed by atoms with E-state index in [0.717, 1.165) is 11.3 Å². The van der Waals surface area contributed by atoms with Gasteiger partial charge < -0.3 is 9.84 Å². The van der Waals surface area contributed by atoms with Gasteiger partial charge >= 0.3 is 0 Å². The maximum atomic E-state index is 11.1. The van der Waals surface area contributed by atoms with Crippen molar-refractivity contribution in [1.29, 1.82) is 0 Å². The Bertz CT molecular complexity index is 316. The molecule has 0 aliphatic rings. The van der Waals surface area contributed by atoms with Crippen LogP contribution in [-0.4, -0.2) is 18.0 Å². The fourth-order valence-corrected chi connectivity index (χ4v) is 1.30. The molecule has 1 rings (SSSR count). The second-order valence-electron chi connectivity index (χ2n) is 3.39. The molecule has 0 bridgehead atoms. The molecule has 82 valence electrons. The van der Waals surface area contributed by atoms with E-state index in [4.69, 9.17) is 4.74 Å². The lowest BCUT2D eigenvalue weighted by Gasteiger charge is -2.10. The summed E-state index contributed by atoms with van der Waals surface area (Å²) in [6.45, 7) is 1.79. The van der Waals surface area contributed by atoms with Gasteiger partial charge in [-0.2, -0.15) is 0 Å². The number of benzene rings is 1. The number of aliphatic hydroxyl groups excluding tert-OH is 1. The number of carbonyl (C=O) groups is 1. The van der Waals surface area contributed by atoms with Crippen molar-refractivity contribution >= 4 is 5.78 Å². The van der Waals surface area contributed by atoms with Crippen molar-refractivity contribution in [3.63, 3.8) is 0 Å². The average molecular weight is 208 g/mol. The zero-order valence-electron chi connectivity index (χ0n) is 9.06. The Morgan fingerprint density at radius 3 is 2.47 bits per heavy atom. The highest BCUT2D eigenvalue weighted by atomic mass is 16.5. The molecule has 3 nitrogen and oxygen atoms in total. The van der Waals surface area contributed by atoms with Crippen molar-refractivity contribution in [1.82, 2.24) is 0 Å². The van der Waals surface area contributed by atoms with Crippen molar-refractivity contribution in [2.45, 2.75) is 25.9 Å². The van der Waals surface area contributed by atoms with E-state index < -0.39 is 6.10 Å². The number of hydrogen-bond acceptors (Lipinski definition) is 3. The van der Waals surface area contributed by atoms with E-state index >= 15 is 0 Å². The van der Waals surface area contributed by atoms with E-state index in [-0.39, 0.29) is 12.2 Å². The smallest absolute Gasteiger partial charge is 0.135 e. The van der Waals surface area contributed by atoms with Gasteiger partial charge in [0.05, 0.1) is 13.2 Å². The van der Waals surface area contributed by atoms with Crippen LogP contribution >= 0.6 is 0 Å². The van der Waals surface area contributed by atoms with Crippen LogP contribution in [0.5, 0.6) is 5.75 Å². The zero-order valence-corrected chi connectivity index (χ0v) is 9.06. The van der Waals surface area contributed by atoms with Crippen LogP contribution in [0.15, 0.2) is 24.3 Å². The first-order valence-corrected chi connectivity index (χ1v) is 5.01. The number of ether oxygens (including phenoxy) is 1. The van der Waals surface area contributed by atoms with Crippen LogP contribution in [-0.2, 0) is 4.79 Å². The monoisotopic (exact) mass is 208 g/mol. The minimum Gasteiger partial charge on any atom is -0.497 e. The van der Waals surface area contributed by atoms with Crippen molar-refractivity contribution in [3.05, 3.63) is 29.8 Å². The van der Waals surface area contributed by atoms with E-state index in [0.29, 0.717) is 6.42 Å². The molecule has 0 aliphatic heterocycles. The Balaban J connectivity index is 2.65. The van der Waals surface area contributed by atoms with Gasteiger partial charge in [-0.05, 0) is 17.7 Å². The fraction of sp³-hybridized carbons (Fsp3) is 0.417. The summed E-state index contributed by atoms with van der Waals surface area (Å²) in [6, 6.07) is 7.09. The maximum Gasteiger partial charge on any atom is 0.135 e. The molecule has 0 fully saturated rings. The van der Waals surface area contributed by atoms with Crippen molar-refractivity contribution < 1.29 is 14.6 Å². The molecule has 0 aliphatic carbocycles. The summed E-state index contributed by atoms with van der Waals surface area (Å²) < 4.78 is 5.00. The van der Waals surface area contributed by atoms with Crippen LogP contribution in [0.3, 0.4) is 0 Å². The van der Waals surface area contributed by atoms with E-state index in [2.05, 4.69) is 0 Å². The van der Waals surface area contributed by atoms with E-state index in [1.165, 1.54) is 0 Å². The molecule has 1 atom stereocenters. The van der Waals surface area contributed by atoms with Crippen LogP contribution in [0.4, 0.5) is 0 Å². The maximum absolute atomic E-state index is 11.1. The largest absolute Gasteiger partial charge is 0.497 e. The molecule has 0 saturated heterocycles. The van der Waals surface area contributed by atoms with Gasteiger partial charge in [-0.15, -0.1) is 0 Å². The van der Waals surface area contributed by atoms with E-state index in [1.54, 1.807) is 38.3 Å².